The van der Waals surface area contributed by atoms with Gasteiger partial charge in [0.05, 0.1) is 19.9 Å². The first kappa shape index (κ1) is 9.73. The summed E-state index contributed by atoms with van der Waals surface area (Å²) in [6, 6.07) is 7.41. The van der Waals surface area contributed by atoms with Crippen LogP contribution in [0.3, 0.4) is 0 Å². The molecule has 0 amide bonds. The summed E-state index contributed by atoms with van der Waals surface area (Å²) in [6.07, 6.45) is 1.51. The summed E-state index contributed by atoms with van der Waals surface area (Å²) >= 11 is 0. The maximum Gasteiger partial charge on any atom is 0.172 e. The minimum absolute atomic E-state index is 0.0873. The zero-order chi connectivity index (χ0) is 10.7. The van der Waals surface area contributed by atoms with E-state index in [1.807, 2.05) is 24.3 Å². The van der Waals surface area contributed by atoms with Crippen LogP contribution in [-0.4, -0.2) is 17.4 Å². The summed E-state index contributed by atoms with van der Waals surface area (Å²) in [5.41, 5.74) is 1.51. The lowest BCUT2D eigenvalue weighted by Crippen LogP contribution is -1.86. The van der Waals surface area contributed by atoms with Crippen LogP contribution in [0.5, 0.6) is 5.75 Å². The number of aliphatic hydroxyl groups excluding tert-OH is 1. The van der Waals surface area contributed by atoms with E-state index in [0.29, 0.717) is 11.3 Å². The average Bonchev–Trinajstić information content (AvgIpc) is 2.77. The molecule has 78 valence electrons. The standard InChI is InChI=1S/C11H11NO3/c1-14-10-4-2-3-8(5-10)11-9(7-13)6-12-15-11/h2-6,13H,7H2,1H3. The molecule has 0 radical (unpaired) electrons. The minimum atomic E-state index is -0.0873. The molecule has 0 aliphatic heterocycles. The van der Waals surface area contributed by atoms with Crippen molar-refractivity contribution in [1.82, 2.24) is 5.16 Å². The van der Waals surface area contributed by atoms with Gasteiger partial charge in [-0.25, -0.2) is 0 Å². The molecule has 1 aromatic heterocycles. The van der Waals surface area contributed by atoms with E-state index < -0.39 is 0 Å². The van der Waals surface area contributed by atoms with Crippen molar-refractivity contribution in [3.63, 3.8) is 0 Å². The van der Waals surface area contributed by atoms with Crippen LogP contribution in [0.15, 0.2) is 35.0 Å². The van der Waals surface area contributed by atoms with Crippen LogP contribution < -0.4 is 4.74 Å². The molecule has 0 spiro atoms. The Kier molecular flexibility index (Phi) is 2.69. The monoisotopic (exact) mass is 205 g/mol. The van der Waals surface area contributed by atoms with E-state index in [-0.39, 0.29) is 6.61 Å². The van der Waals surface area contributed by atoms with Gasteiger partial charge >= 0.3 is 0 Å². The van der Waals surface area contributed by atoms with Crippen LogP contribution in [0.1, 0.15) is 5.56 Å². The molecule has 0 bridgehead atoms. The fourth-order valence-electron chi connectivity index (χ4n) is 1.37. The van der Waals surface area contributed by atoms with Gasteiger partial charge in [-0.3, -0.25) is 0 Å². The second-order valence-corrected chi connectivity index (χ2v) is 3.07. The summed E-state index contributed by atoms with van der Waals surface area (Å²) < 4.78 is 10.2. The van der Waals surface area contributed by atoms with Gasteiger partial charge in [0.25, 0.3) is 0 Å². The predicted octanol–water partition coefficient (Wildman–Crippen LogP) is 1.84. The van der Waals surface area contributed by atoms with Gasteiger partial charge in [0, 0.05) is 11.1 Å². The Morgan fingerprint density at radius 1 is 1.47 bits per heavy atom. The number of nitrogens with zero attached hydrogens (tertiary/aromatic N) is 1. The van der Waals surface area contributed by atoms with Crippen molar-refractivity contribution in [2.75, 3.05) is 7.11 Å². The van der Waals surface area contributed by atoms with Crippen LogP contribution in [0.4, 0.5) is 0 Å². The van der Waals surface area contributed by atoms with E-state index in [9.17, 15) is 0 Å². The second kappa shape index (κ2) is 4.14. The summed E-state index contributed by atoms with van der Waals surface area (Å²) in [7, 11) is 1.60. The number of benzene rings is 1. The van der Waals surface area contributed by atoms with Gasteiger partial charge in [-0.05, 0) is 12.1 Å². The van der Waals surface area contributed by atoms with Crippen molar-refractivity contribution >= 4 is 0 Å². The number of rotatable bonds is 3. The molecule has 0 saturated carbocycles. The third-order valence-corrected chi connectivity index (χ3v) is 2.15. The Morgan fingerprint density at radius 3 is 3.07 bits per heavy atom. The molecule has 0 atom stereocenters. The van der Waals surface area contributed by atoms with Crippen molar-refractivity contribution in [3.05, 3.63) is 36.0 Å². The van der Waals surface area contributed by atoms with E-state index in [0.717, 1.165) is 11.3 Å². The second-order valence-electron chi connectivity index (χ2n) is 3.07. The van der Waals surface area contributed by atoms with Crippen molar-refractivity contribution in [1.29, 1.82) is 0 Å². The zero-order valence-electron chi connectivity index (χ0n) is 8.30. The van der Waals surface area contributed by atoms with E-state index in [1.54, 1.807) is 7.11 Å². The highest BCUT2D eigenvalue weighted by molar-refractivity contribution is 5.62. The fourth-order valence-corrected chi connectivity index (χ4v) is 1.37. The predicted molar refractivity (Wildman–Crippen MR) is 54.4 cm³/mol. The van der Waals surface area contributed by atoms with E-state index in [1.165, 1.54) is 6.20 Å². The zero-order valence-corrected chi connectivity index (χ0v) is 8.30. The molecule has 0 fully saturated rings. The summed E-state index contributed by atoms with van der Waals surface area (Å²) in [4.78, 5) is 0. The molecule has 0 saturated heterocycles. The van der Waals surface area contributed by atoms with E-state index in [2.05, 4.69) is 5.16 Å². The van der Waals surface area contributed by atoms with Crippen molar-refractivity contribution in [2.24, 2.45) is 0 Å². The molecular weight excluding hydrogens is 194 g/mol. The lowest BCUT2D eigenvalue weighted by Gasteiger charge is -2.02. The SMILES string of the molecule is COc1cccc(-c2oncc2CO)c1. The molecule has 4 heteroatoms. The molecule has 1 aromatic carbocycles. The van der Waals surface area contributed by atoms with E-state index in [4.69, 9.17) is 14.4 Å². The molecular formula is C11H11NO3. The van der Waals surface area contributed by atoms with Crippen molar-refractivity contribution < 1.29 is 14.4 Å². The highest BCUT2D eigenvalue weighted by Gasteiger charge is 2.10. The Labute approximate surface area is 87.1 Å². The molecule has 0 aliphatic rings. The maximum atomic E-state index is 9.06. The van der Waals surface area contributed by atoms with Gasteiger partial charge in [-0.2, -0.15) is 0 Å². The molecule has 1 heterocycles. The van der Waals surface area contributed by atoms with Crippen LogP contribution in [0, 0.1) is 0 Å². The largest absolute Gasteiger partial charge is 0.497 e. The molecule has 15 heavy (non-hydrogen) atoms. The lowest BCUT2D eigenvalue weighted by atomic mass is 10.1. The van der Waals surface area contributed by atoms with Crippen LogP contribution in [0.25, 0.3) is 11.3 Å². The Balaban J connectivity index is 2.44. The first-order valence-corrected chi connectivity index (χ1v) is 4.54. The highest BCUT2D eigenvalue weighted by atomic mass is 16.5. The Morgan fingerprint density at radius 2 is 2.33 bits per heavy atom. The third kappa shape index (κ3) is 1.85. The molecule has 0 aliphatic carbocycles. The van der Waals surface area contributed by atoms with Crippen molar-refractivity contribution in [2.45, 2.75) is 6.61 Å². The Hall–Kier alpha value is -1.81. The normalized spacial score (nSPS) is 10.3. The first-order valence-electron chi connectivity index (χ1n) is 4.54. The summed E-state index contributed by atoms with van der Waals surface area (Å²) in [6.45, 7) is -0.0873. The highest BCUT2D eigenvalue weighted by Crippen LogP contribution is 2.26. The number of aromatic nitrogens is 1. The van der Waals surface area contributed by atoms with Crippen LogP contribution in [-0.2, 0) is 6.61 Å². The number of aliphatic hydroxyl groups is 1. The molecule has 0 unspecified atom stereocenters. The molecule has 1 N–H and O–H groups in total. The van der Waals surface area contributed by atoms with Crippen LogP contribution >= 0.6 is 0 Å². The van der Waals surface area contributed by atoms with Crippen LogP contribution in [0.2, 0.25) is 0 Å². The van der Waals surface area contributed by atoms with E-state index >= 15 is 0 Å². The number of methoxy groups -OCH3 is 1. The van der Waals surface area contributed by atoms with Gasteiger partial charge in [-0.1, -0.05) is 17.3 Å². The van der Waals surface area contributed by atoms with Crippen molar-refractivity contribution in [3.8, 4) is 17.1 Å². The van der Waals surface area contributed by atoms with Gasteiger partial charge < -0.3 is 14.4 Å². The minimum Gasteiger partial charge on any atom is -0.497 e. The number of hydrogen-bond acceptors (Lipinski definition) is 4. The average molecular weight is 205 g/mol. The van der Waals surface area contributed by atoms with Gasteiger partial charge in [-0.15, -0.1) is 0 Å². The molecule has 2 rings (SSSR count). The number of ether oxygens (including phenoxy) is 1. The summed E-state index contributed by atoms with van der Waals surface area (Å²) in [5, 5.41) is 12.7. The molecule has 4 nitrogen and oxygen atoms in total. The van der Waals surface area contributed by atoms with Gasteiger partial charge in [0.2, 0.25) is 0 Å². The summed E-state index contributed by atoms with van der Waals surface area (Å²) in [5.74, 6) is 1.32. The van der Waals surface area contributed by atoms with Gasteiger partial charge in [0.1, 0.15) is 5.75 Å². The quantitative estimate of drug-likeness (QED) is 0.830. The maximum absolute atomic E-state index is 9.06. The lowest BCUT2D eigenvalue weighted by molar-refractivity contribution is 0.281. The third-order valence-electron chi connectivity index (χ3n) is 2.15. The molecule has 2 aromatic rings. The smallest absolute Gasteiger partial charge is 0.172 e. The fraction of sp³-hybridized carbons (Fsp3) is 0.182. The van der Waals surface area contributed by atoms with Gasteiger partial charge in [0.15, 0.2) is 5.76 Å². The Bertz CT molecular complexity index is 451. The number of hydrogen-bond donors (Lipinski definition) is 1. The topological polar surface area (TPSA) is 55.5 Å². The first-order chi connectivity index (χ1) is 7.35.